The van der Waals surface area contributed by atoms with Crippen molar-refractivity contribution < 1.29 is 18.0 Å². The first-order valence-corrected chi connectivity index (χ1v) is 5.09. The molecule has 1 heterocycles. The summed E-state index contributed by atoms with van der Waals surface area (Å²) >= 11 is 0. The number of hydrogen-bond donors (Lipinski definition) is 0. The van der Waals surface area contributed by atoms with Gasteiger partial charge in [-0.15, -0.1) is 0 Å². The number of alkyl halides is 3. The number of carbonyl (C=O) groups excluding carboxylic acids is 1. The zero-order chi connectivity index (χ0) is 13.2. The monoisotopic (exact) mass is 251 g/mol. The third-order valence-electron chi connectivity index (χ3n) is 2.50. The lowest BCUT2D eigenvalue weighted by atomic mass is 10.0. The summed E-state index contributed by atoms with van der Waals surface area (Å²) in [4.78, 5) is 14.6. The highest BCUT2D eigenvalue weighted by atomic mass is 19.4. The van der Waals surface area contributed by atoms with E-state index < -0.39 is 11.7 Å². The van der Waals surface area contributed by atoms with Gasteiger partial charge in [-0.3, -0.25) is 9.78 Å². The molecule has 0 aliphatic rings. The molecule has 0 N–H and O–H groups in total. The van der Waals surface area contributed by atoms with Crippen molar-refractivity contribution in [3.05, 3.63) is 53.9 Å². The molecule has 1 aromatic heterocycles. The molecule has 5 heteroatoms. The van der Waals surface area contributed by atoms with E-state index in [1.807, 2.05) is 0 Å². The molecule has 0 amide bonds. The van der Waals surface area contributed by atoms with Gasteiger partial charge in [0.2, 0.25) is 0 Å². The van der Waals surface area contributed by atoms with E-state index >= 15 is 0 Å². The fourth-order valence-electron chi connectivity index (χ4n) is 1.60. The Kier molecular flexibility index (Phi) is 3.14. The topological polar surface area (TPSA) is 30.0 Å². The summed E-state index contributed by atoms with van der Waals surface area (Å²) in [5.41, 5.74) is 0.742. The van der Waals surface area contributed by atoms with Gasteiger partial charge in [0, 0.05) is 18.0 Å². The van der Waals surface area contributed by atoms with Gasteiger partial charge in [-0.2, -0.15) is 13.2 Å². The predicted molar refractivity (Wildman–Crippen MR) is 60.1 cm³/mol. The van der Waals surface area contributed by atoms with Crippen LogP contribution in [0, 0.1) is 0 Å². The molecule has 2 aromatic rings. The number of hydrogen-bond acceptors (Lipinski definition) is 2. The van der Waals surface area contributed by atoms with Crippen molar-refractivity contribution in [3.8, 4) is 11.1 Å². The summed E-state index contributed by atoms with van der Waals surface area (Å²) in [6.07, 6.45) is -0.871. The Balaban J connectivity index is 2.44. The van der Waals surface area contributed by atoms with Crippen LogP contribution in [0.4, 0.5) is 13.2 Å². The van der Waals surface area contributed by atoms with Crippen molar-refractivity contribution in [2.75, 3.05) is 0 Å². The lowest BCUT2D eigenvalue weighted by Crippen LogP contribution is -2.04. The fraction of sp³-hybridized carbons (Fsp3) is 0.0769. The highest BCUT2D eigenvalue weighted by molar-refractivity contribution is 5.86. The number of pyridine rings is 1. The molecule has 18 heavy (non-hydrogen) atoms. The highest BCUT2D eigenvalue weighted by Gasteiger charge is 2.29. The summed E-state index contributed by atoms with van der Waals surface area (Å²) in [6.45, 7) is 0. The van der Waals surface area contributed by atoms with Gasteiger partial charge in [0.15, 0.2) is 6.29 Å². The van der Waals surface area contributed by atoms with Crippen molar-refractivity contribution >= 4 is 6.29 Å². The first-order valence-electron chi connectivity index (χ1n) is 5.09. The Morgan fingerprint density at radius 1 is 1.06 bits per heavy atom. The Bertz CT molecular complexity index is 561. The van der Waals surface area contributed by atoms with Crippen molar-refractivity contribution in [3.63, 3.8) is 0 Å². The molecule has 92 valence electrons. The molecular weight excluding hydrogens is 243 g/mol. The van der Waals surface area contributed by atoms with Crippen LogP contribution in [0.1, 0.15) is 15.9 Å². The molecule has 0 saturated heterocycles. The zero-order valence-electron chi connectivity index (χ0n) is 9.11. The summed E-state index contributed by atoms with van der Waals surface area (Å²) in [5.74, 6) is 0. The van der Waals surface area contributed by atoms with Gasteiger partial charge in [-0.05, 0) is 29.3 Å². The molecule has 2 rings (SSSR count). The van der Waals surface area contributed by atoms with E-state index in [-0.39, 0.29) is 0 Å². The standard InChI is InChI=1S/C13H8F3NO/c14-13(15,16)11-3-1-9(2-4-11)12-5-6-17-7-10(12)8-18/h1-8H. The van der Waals surface area contributed by atoms with E-state index in [0.29, 0.717) is 23.0 Å². The quantitative estimate of drug-likeness (QED) is 0.763. The normalized spacial score (nSPS) is 11.3. The number of benzene rings is 1. The van der Waals surface area contributed by atoms with Crippen LogP contribution in [0.5, 0.6) is 0 Å². The molecule has 0 radical (unpaired) electrons. The second kappa shape index (κ2) is 4.60. The van der Waals surface area contributed by atoms with Gasteiger partial charge in [-0.1, -0.05) is 12.1 Å². The van der Waals surface area contributed by atoms with Crippen molar-refractivity contribution in [2.45, 2.75) is 6.18 Å². The fourth-order valence-corrected chi connectivity index (χ4v) is 1.60. The Morgan fingerprint density at radius 2 is 1.72 bits per heavy atom. The third kappa shape index (κ3) is 2.40. The largest absolute Gasteiger partial charge is 0.416 e. The van der Waals surface area contributed by atoms with Gasteiger partial charge in [-0.25, -0.2) is 0 Å². The van der Waals surface area contributed by atoms with Crippen LogP contribution in [-0.4, -0.2) is 11.3 Å². The molecule has 1 aromatic carbocycles. The van der Waals surface area contributed by atoms with Crippen LogP contribution in [-0.2, 0) is 6.18 Å². The Morgan fingerprint density at radius 3 is 2.28 bits per heavy atom. The number of aldehydes is 1. The highest BCUT2D eigenvalue weighted by Crippen LogP contribution is 2.31. The second-order valence-corrected chi connectivity index (χ2v) is 3.66. The van der Waals surface area contributed by atoms with Gasteiger partial charge in [0.05, 0.1) is 5.56 Å². The average Bonchev–Trinajstić information content (AvgIpc) is 2.38. The van der Waals surface area contributed by atoms with Gasteiger partial charge in [0.1, 0.15) is 0 Å². The molecular formula is C13H8F3NO. The zero-order valence-corrected chi connectivity index (χ0v) is 9.11. The minimum Gasteiger partial charge on any atom is -0.298 e. The number of aromatic nitrogens is 1. The summed E-state index contributed by atoms with van der Waals surface area (Å²) in [5, 5.41) is 0. The van der Waals surface area contributed by atoms with Gasteiger partial charge in [0.25, 0.3) is 0 Å². The van der Waals surface area contributed by atoms with Crippen LogP contribution in [0.3, 0.4) is 0 Å². The lowest BCUT2D eigenvalue weighted by Gasteiger charge is -2.08. The summed E-state index contributed by atoms with van der Waals surface area (Å²) < 4.78 is 37.2. The summed E-state index contributed by atoms with van der Waals surface area (Å²) in [6, 6.07) is 6.25. The molecule has 2 nitrogen and oxygen atoms in total. The first-order chi connectivity index (χ1) is 8.52. The van der Waals surface area contributed by atoms with E-state index in [2.05, 4.69) is 4.98 Å². The predicted octanol–water partition coefficient (Wildman–Crippen LogP) is 3.58. The van der Waals surface area contributed by atoms with E-state index in [1.165, 1.54) is 24.5 Å². The maximum absolute atomic E-state index is 12.4. The van der Waals surface area contributed by atoms with Gasteiger partial charge < -0.3 is 0 Å². The molecule has 0 atom stereocenters. The maximum atomic E-state index is 12.4. The number of halogens is 3. The Hall–Kier alpha value is -2.17. The SMILES string of the molecule is O=Cc1cnccc1-c1ccc(C(F)(F)F)cc1. The molecule has 0 fully saturated rings. The molecule has 0 saturated carbocycles. The molecule has 0 aliphatic heterocycles. The van der Waals surface area contributed by atoms with Crippen molar-refractivity contribution in [1.29, 1.82) is 0 Å². The second-order valence-electron chi connectivity index (χ2n) is 3.66. The maximum Gasteiger partial charge on any atom is 0.416 e. The third-order valence-corrected chi connectivity index (χ3v) is 2.50. The van der Waals surface area contributed by atoms with Crippen LogP contribution in [0.15, 0.2) is 42.7 Å². The van der Waals surface area contributed by atoms with Crippen LogP contribution < -0.4 is 0 Å². The lowest BCUT2D eigenvalue weighted by molar-refractivity contribution is -0.137. The summed E-state index contributed by atoms with van der Waals surface area (Å²) in [7, 11) is 0. The average molecular weight is 251 g/mol. The molecule has 0 spiro atoms. The number of carbonyl (C=O) groups is 1. The minimum atomic E-state index is -4.36. The Labute approximate surface area is 101 Å². The number of rotatable bonds is 2. The van der Waals surface area contributed by atoms with E-state index in [0.717, 1.165) is 12.1 Å². The van der Waals surface area contributed by atoms with Gasteiger partial charge >= 0.3 is 6.18 Å². The van der Waals surface area contributed by atoms with Crippen LogP contribution >= 0.6 is 0 Å². The van der Waals surface area contributed by atoms with Crippen LogP contribution in [0.25, 0.3) is 11.1 Å². The van der Waals surface area contributed by atoms with E-state index in [9.17, 15) is 18.0 Å². The smallest absolute Gasteiger partial charge is 0.298 e. The van der Waals surface area contributed by atoms with Crippen molar-refractivity contribution in [2.24, 2.45) is 0 Å². The minimum absolute atomic E-state index is 0.345. The van der Waals surface area contributed by atoms with E-state index in [4.69, 9.17) is 0 Å². The molecule has 0 unspecified atom stereocenters. The van der Waals surface area contributed by atoms with Crippen LogP contribution in [0.2, 0.25) is 0 Å². The number of nitrogens with zero attached hydrogens (tertiary/aromatic N) is 1. The molecule has 0 aliphatic carbocycles. The molecule has 0 bridgehead atoms. The first kappa shape index (κ1) is 12.3. The van der Waals surface area contributed by atoms with E-state index in [1.54, 1.807) is 6.07 Å². The van der Waals surface area contributed by atoms with Crippen molar-refractivity contribution in [1.82, 2.24) is 4.98 Å².